The van der Waals surface area contributed by atoms with Crippen LogP contribution in [0.15, 0.2) is 24.3 Å². The summed E-state index contributed by atoms with van der Waals surface area (Å²) in [5, 5.41) is 11.1. The van der Waals surface area contributed by atoms with Crippen molar-refractivity contribution in [3.05, 3.63) is 29.8 Å². The van der Waals surface area contributed by atoms with Gasteiger partial charge in [0.25, 0.3) is 0 Å². The van der Waals surface area contributed by atoms with Crippen LogP contribution in [-0.2, 0) is 0 Å². The van der Waals surface area contributed by atoms with Gasteiger partial charge in [0.15, 0.2) is 0 Å². The lowest BCUT2D eigenvalue weighted by atomic mass is 9.61. The van der Waals surface area contributed by atoms with E-state index in [4.69, 9.17) is 4.74 Å². The fourth-order valence-corrected chi connectivity index (χ4v) is 3.12. The number of methoxy groups -OCH3 is 1. The van der Waals surface area contributed by atoms with Gasteiger partial charge in [-0.15, -0.1) is 0 Å². The second-order valence-corrected chi connectivity index (χ2v) is 6.39. The highest BCUT2D eigenvalue weighted by molar-refractivity contribution is 5.47. The lowest BCUT2D eigenvalue weighted by Crippen LogP contribution is -2.51. The summed E-state index contributed by atoms with van der Waals surface area (Å²) in [7, 11) is 1.64. The summed E-state index contributed by atoms with van der Waals surface area (Å²) in [6.45, 7) is 6.32. The largest absolute Gasteiger partial charge is 0.495 e. The van der Waals surface area contributed by atoms with Gasteiger partial charge in [0.05, 0.1) is 12.7 Å². The molecule has 20 heavy (non-hydrogen) atoms. The van der Waals surface area contributed by atoms with Crippen molar-refractivity contribution in [1.29, 1.82) is 0 Å². The van der Waals surface area contributed by atoms with Gasteiger partial charge < -0.3 is 9.84 Å². The molecule has 0 saturated heterocycles. The second-order valence-electron chi connectivity index (χ2n) is 6.39. The van der Waals surface area contributed by atoms with Gasteiger partial charge in [0, 0.05) is 5.41 Å². The highest BCUT2D eigenvalue weighted by Gasteiger charge is 2.48. The first-order chi connectivity index (χ1) is 9.40. The van der Waals surface area contributed by atoms with Crippen molar-refractivity contribution in [2.75, 3.05) is 7.11 Å². The maximum atomic E-state index is 11.1. The van der Waals surface area contributed by atoms with E-state index in [9.17, 15) is 5.11 Å². The quantitative estimate of drug-likeness (QED) is 0.791. The van der Waals surface area contributed by atoms with E-state index >= 15 is 0 Å². The Morgan fingerprint density at radius 3 is 2.65 bits per heavy atom. The van der Waals surface area contributed by atoms with Crippen molar-refractivity contribution in [3.63, 3.8) is 0 Å². The molecule has 2 heteroatoms. The molecule has 2 atom stereocenters. The predicted molar refractivity (Wildman–Crippen MR) is 81.6 cm³/mol. The fourth-order valence-electron chi connectivity index (χ4n) is 3.12. The number of hydrogen-bond donors (Lipinski definition) is 1. The predicted octanol–water partition coefficient (Wildman–Crippen LogP) is 3.62. The summed E-state index contributed by atoms with van der Waals surface area (Å²) in [5.74, 6) is 7.23. The maximum absolute atomic E-state index is 11.1. The van der Waals surface area contributed by atoms with Crippen LogP contribution in [0, 0.1) is 23.2 Å². The molecular formula is C18H24O2. The van der Waals surface area contributed by atoms with Crippen molar-refractivity contribution in [1.82, 2.24) is 0 Å². The Bertz CT molecular complexity index is 536. The molecule has 1 saturated carbocycles. The van der Waals surface area contributed by atoms with Crippen LogP contribution in [-0.4, -0.2) is 17.8 Å². The third-order valence-corrected chi connectivity index (χ3v) is 4.68. The van der Waals surface area contributed by atoms with E-state index in [1.807, 2.05) is 24.3 Å². The Balaban J connectivity index is 2.39. The van der Waals surface area contributed by atoms with E-state index in [0.717, 1.165) is 30.6 Å². The van der Waals surface area contributed by atoms with E-state index in [-0.39, 0.29) is 11.3 Å². The number of para-hydroxylation sites is 1. The van der Waals surface area contributed by atoms with Crippen LogP contribution in [0.2, 0.25) is 0 Å². The molecule has 0 radical (unpaired) electrons. The first-order valence-corrected chi connectivity index (χ1v) is 7.29. The van der Waals surface area contributed by atoms with Crippen molar-refractivity contribution in [2.24, 2.45) is 11.3 Å². The second kappa shape index (κ2) is 5.50. The zero-order chi connectivity index (χ0) is 14.8. The fraction of sp³-hybridized carbons (Fsp3) is 0.556. The number of aliphatic hydroxyl groups is 1. The maximum Gasteiger partial charge on any atom is 0.134 e. The Hall–Kier alpha value is -1.46. The Labute approximate surface area is 122 Å². The van der Waals surface area contributed by atoms with Crippen LogP contribution in [0.5, 0.6) is 5.75 Å². The Kier molecular flexibility index (Phi) is 4.11. The van der Waals surface area contributed by atoms with Crippen molar-refractivity contribution in [3.8, 4) is 17.6 Å². The molecule has 0 bridgehead atoms. The van der Waals surface area contributed by atoms with Gasteiger partial charge in [-0.2, -0.15) is 0 Å². The third kappa shape index (κ3) is 2.55. The molecule has 1 fully saturated rings. The van der Waals surface area contributed by atoms with Crippen molar-refractivity contribution < 1.29 is 9.84 Å². The molecule has 2 rings (SSSR count). The molecule has 108 valence electrons. The van der Waals surface area contributed by atoms with E-state index in [1.54, 1.807) is 7.11 Å². The minimum Gasteiger partial charge on any atom is -0.495 e. The molecule has 0 aromatic heterocycles. The van der Waals surface area contributed by atoms with Gasteiger partial charge in [-0.25, -0.2) is 0 Å². The molecule has 1 aliphatic rings. The Morgan fingerprint density at radius 2 is 2.00 bits per heavy atom. The molecule has 1 aromatic rings. The first-order valence-electron chi connectivity index (χ1n) is 7.29. The highest BCUT2D eigenvalue weighted by atomic mass is 16.5. The minimum absolute atomic E-state index is 0.181. The summed E-state index contributed by atoms with van der Waals surface area (Å²) < 4.78 is 5.31. The van der Waals surface area contributed by atoms with Crippen molar-refractivity contribution in [2.45, 2.75) is 45.6 Å². The number of ether oxygens (including phenoxy) is 1. The monoisotopic (exact) mass is 272 g/mol. The molecule has 2 unspecified atom stereocenters. The average molecular weight is 272 g/mol. The highest BCUT2D eigenvalue weighted by Crippen LogP contribution is 2.46. The molecule has 0 spiro atoms. The molecule has 1 N–H and O–H groups in total. The minimum atomic E-state index is -0.938. The van der Waals surface area contributed by atoms with Crippen LogP contribution in [0.25, 0.3) is 0 Å². The summed E-state index contributed by atoms with van der Waals surface area (Å²) in [4.78, 5) is 0. The molecule has 2 nitrogen and oxygen atoms in total. The standard InChI is InChI=1S/C18H24O2/c1-14-8-7-12-17(2,3)18(14,19)13-11-15-9-5-6-10-16(15)20-4/h5-6,9-10,14,19H,7-8,12H2,1-4H3. The third-order valence-electron chi connectivity index (χ3n) is 4.68. The molecule has 0 heterocycles. The first kappa shape index (κ1) is 14.9. The molecule has 0 amide bonds. The summed E-state index contributed by atoms with van der Waals surface area (Å²) in [6, 6.07) is 7.68. The smallest absolute Gasteiger partial charge is 0.134 e. The Morgan fingerprint density at radius 1 is 1.30 bits per heavy atom. The molecular weight excluding hydrogens is 248 g/mol. The normalized spacial score (nSPS) is 28.4. The van der Waals surface area contributed by atoms with E-state index in [1.165, 1.54) is 0 Å². The molecule has 1 aromatic carbocycles. The van der Waals surface area contributed by atoms with Crippen LogP contribution in [0.3, 0.4) is 0 Å². The van der Waals surface area contributed by atoms with Gasteiger partial charge in [0.2, 0.25) is 0 Å². The van der Waals surface area contributed by atoms with Gasteiger partial charge >= 0.3 is 0 Å². The zero-order valence-electron chi connectivity index (χ0n) is 12.9. The van der Waals surface area contributed by atoms with Crippen LogP contribution in [0.1, 0.15) is 45.6 Å². The number of benzene rings is 1. The summed E-state index contributed by atoms with van der Waals surface area (Å²) in [6.07, 6.45) is 3.20. The van der Waals surface area contributed by atoms with Gasteiger partial charge in [-0.05, 0) is 30.9 Å². The van der Waals surface area contributed by atoms with E-state index < -0.39 is 5.60 Å². The SMILES string of the molecule is COc1ccccc1C#CC1(O)C(C)CCCC1(C)C. The van der Waals surface area contributed by atoms with Crippen LogP contribution in [0.4, 0.5) is 0 Å². The summed E-state index contributed by atoms with van der Waals surface area (Å²) in [5.41, 5.74) is -0.289. The van der Waals surface area contributed by atoms with Crippen LogP contribution >= 0.6 is 0 Å². The topological polar surface area (TPSA) is 29.5 Å². The summed E-state index contributed by atoms with van der Waals surface area (Å²) >= 11 is 0. The van der Waals surface area contributed by atoms with Gasteiger partial charge in [-0.1, -0.05) is 51.2 Å². The van der Waals surface area contributed by atoms with Crippen molar-refractivity contribution >= 4 is 0 Å². The van der Waals surface area contributed by atoms with E-state index in [2.05, 4.69) is 32.6 Å². The average Bonchev–Trinajstić information content (AvgIpc) is 2.43. The number of rotatable bonds is 1. The van der Waals surface area contributed by atoms with Crippen LogP contribution < -0.4 is 4.74 Å². The molecule has 1 aliphatic carbocycles. The zero-order valence-corrected chi connectivity index (χ0v) is 12.9. The van der Waals surface area contributed by atoms with Gasteiger partial charge in [0.1, 0.15) is 11.4 Å². The van der Waals surface area contributed by atoms with E-state index in [0.29, 0.717) is 0 Å². The van der Waals surface area contributed by atoms with Gasteiger partial charge in [-0.3, -0.25) is 0 Å². The lowest BCUT2D eigenvalue weighted by molar-refractivity contribution is -0.0860. The lowest BCUT2D eigenvalue weighted by Gasteiger charge is -2.47. The molecule has 0 aliphatic heterocycles. The number of hydrogen-bond acceptors (Lipinski definition) is 2.